The Balaban J connectivity index is 2.30. The molecule has 2 atom stereocenters. The first-order valence-corrected chi connectivity index (χ1v) is 6.07. The average molecular weight is 209 g/mol. The number of hydrogen-bond acceptors (Lipinski definition) is 2. The molecular formula is C12H19NS. The van der Waals surface area contributed by atoms with Gasteiger partial charge in [-0.15, -0.1) is 11.3 Å². The van der Waals surface area contributed by atoms with Crippen molar-refractivity contribution in [3.05, 3.63) is 21.4 Å². The molecule has 1 fully saturated rings. The van der Waals surface area contributed by atoms with Crippen LogP contribution in [0, 0.1) is 25.2 Å². The molecule has 78 valence electrons. The molecule has 2 heteroatoms. The summed E-state index contributed by atoms with van der Waals surface area (Å²) in [5, 5.41) is 0. The largest absolute Gasteiger partial charge is 0.330 e. The van der Waals surface area contributed by atoms with E-state index < -0.39 is 0 Å². The van der Waals surface area contributed by atoms with Gasteiger partial charge in [-0.25, -0.2) is 0 Å². The molecule has 0 unspecified atom stereocenters. The third-order valence-electron chi connectivity index (χ3n) is 3.72. The maximum Gasteiger partial charge on any atom is 0.00521 e. The number of rotatable bonds is 2. The highest BCUT2D eigenvalue weighted by molar-refractivity contribution is 7.12. The van der Waals surface area contributed by atoms with Gasteiger partial charge in [0.05, 0.1) is 0 Å². The molecule has 0 amide bonds. The maximum atomic E-state index is 5.80. The van der Waals surface area contributed by atoms with Crippen molar-refractivity contribution in [1.82, 2.24) is 0 Å². The average Bonchev–Trinajstić information content (AvgIpc) is 2.46. The van der Waals surface area contributed by atoms with E-state index in [1.165, 1.54) is 9.75 Å². The third kappa shape index (κ3) is 1.32. The summed E-state index contributed by atoms with van der Waals surface area (Å²) < 4.78 is 0. The molecule has 1 heterocycles. The lowest BCUT2D eigenvalue weighted by Gasteiger charge is -2.01. The fraction of sp³-hybridized carbons (Fsp3) is 0.667. The van der Waals surface area contributed by atoms with Gasteiger partial charge in [0.15, 0.2) is 0 Å². The van der Waals surface area contributed by atoms with Crippen molar-refractivity contribution in [2.45, 2.75) is 33.6 Å². The van der Waals surface area contributed by atoms with Gasteiger partial charge in [-0.3, -0.25) is 0 Å². The molecule has 1 aliphatic carbocycles. The van der Waals surface area contributed by atoms with Crippen LogP contribution in [0.4, 0.5) is 0 Å². The minimum atomic E-state index is 0.424. The van der Waals surface area contributed by atoms with Crippen molar-refractivity contribution >= 4 is 11.3 Å². The number of nitrogens with two attached hydrogens (primary N) is 1. The van der Waals surface area contributed by atoms with Crippen LogP contribution >= 0.6 is 11.3 Å². The van der Waals surface area contributed by atoms with E-state index >= 15 is 0 Å². The zero-order chi connectivity index (χ0) is 10.5. The van der Waals surface area contributed by atoms with Crippen LogP contribution in [0.25, 0.3) is 0 Å². The molecule has 0 bridgehead atoms. The van der Waals surface area contributed by atoms with Crippen LogP contribution in [-0.2, 0) is 0 Å². The van der Waals surface area contributed by atoms with Gasteiger partial charge in [-0.1, -0.05) is 13.8 Å². The molecule has 2 N–H and O–H groups in total. The topological polar surface area (TPSA) is 26.0 Å². The number of aryl methyl sites for hydroxylation is 2. The molecule has 1 nitrogen and oxygen atoms in total. The summed E-state index contributed by atoms with van der Waals surface area (Å²) in [6.07, 6.45) is 0. The molecule has 1 aromatic heterocycles. The van der Waals surface area contributed by atoms with E-state index in [1.807, 2.05) is 11.3 Å². The smallest absolute Gasteiger partial charge is 0.00521 e. The van der Waals surface area contributed by atoms with Crippen LogP contribution in [0.1, 0.15) is 35.1 Å². The summed E-state index contributed by atoms with van der Waals surface area (Å²) in [5.74, 6) is 1.40. The number of thiophene rings is 1. The van der Waals surface area contributed by atoms with Crippen LogP contribution in [0.2, 0.25) is 0 Å². The summed E-state index contributed by atoms with van der Waals surface area (Å²) in [7, 11) is 0. The quantitative estimate of drug-likeness (QED) is 0.796. The van der Waals surface area contributed by atoms with Crippen LogP contribution < -0.4 is 5.73 Å². The first kappa shape index (κ1) is 10.2. The van der Waals surface area contributed by atoms with E-state index in [0.717, 1.165) is 6.54 Å². The minimum absolute atomic E-state index is 0.424. The van der Waals surface area contributed by atoms with Crippen molar-refractivity contribution < 1.29 is 0 Å². The Bertz CT molecular complexity index is 351. The van der Waals surface area contributed by atoms with Crippen LogP contribution in [0.15, 0.2) is 6.07 Å². The summed E-state index contributed by atoms with van der Waals surface area (Å²) in [6, 6.07) is 2.35. The predicted molar refractivity (Wildman–Crippen MR) is 62.9 cm³/mol. The van der Waals surface area contributed by atoms with Gasteiger partial charge < -0.3 is 5.73 Å². The van der Waals surface area contributed by atoms with Gasteiger partial charge in [0.25, 0.3) is 0 Å². The van der Waals surface area contributed by atoms with Gasteiger partial charge in [0.1, 0.15) is 0 Å². The van der Waals surface area contributed by atoms with E-state index in [2.05, 4.69) is 33.8 Å². The molecule has 0 aromatic carbocycles. The lowest BCUT2D eigenvalue weighted by molar-refractivity contribution is 0.558. The Morgan fingerprint density at radius 2 is 2.07 bits per heavy atom. The third-order valence-corrected chi connectivity index (χ3v) is 4.70. The van der Waals surface area contributed by atoms with Crippen LogP contribution in [0.5, 0.6) is 0 Å². The van der Waals surface area contributed by atoms with Crippen molar-refractivity contribution in [3.63, 3.8) is 0 Å². The highest BCUT2D eigenvalue weighted by Crippen LogP contribution is 2.64. The molecular weight excluding hydrogens is 190 g/mol. The van der Waals surface area contributed by atoms with Crippen molar-refractivity contribution in [1.29, 1.82) is 0 Å². The molecule has 14 heavy (non-hydrogen) atoms. The molecule has 1 aliphatic rings. The van der Waals surface area contributed by atoms with E-state index in [9.17, 15) is 0 Å². The van der Waals surface area contributed by atoms with E-state index in [0.29, 0.717) is 17.3 Å². The Morgan fingerprint density at radius 1 is 1.43 bits per heavy atom. The van der Waals surface area contributed by atoms with E-state index in [4.69, 9.17) is 5.73 Å². The first-order valence-electron chi connectivity index (χ1n) is 5.25. The second-order valence-electron chi connectivity index (χ2n) is 5.01. The molecule has 0 spiro atoms. The standard InChI is InChI=1S/C12H19NS/c1-7-5-9(8(2)14-7)11-10(6-13)12(11,3)4/h5,10-11H,6,13H2,1-4H3/t10-,11-/m0/s1. The summed E-state index contributed by atoms with van der Waals surface area (Å²) in [5.41, 5.74) is 7.77. The Kier molecular flexibility index (Phi) is 2.24. The zero-order valence-corrected chi connectivity index (χ0v) is 10.2. The fourth-order valence-electron chi connectivity index (χ4n) is 2.76. The van der Waals surface area contributed by atoms with Crippen molar-refractivity contribution in [2.24, 2.45) is 17.1 Å². The van der Waals surface area contributed by atoms with E-state index in [1.54, 1.807) is 5.56 Å². The summed E-state index contributed by atoms with van der Waals surface area (Å²) in [6.45, 7) is 9.91. The van der Waals surface area contributed by atoms with Gasteiger partial charge in [0, 0.05) is 9.75 Å². The highest BCUT2D eigenvalue weighted by atomic mass is 32.1. The van der Waals surface area contributed by atoms with Gasteiger partial charge >= 0.3 is 0 Å². The normalized spacial score (nSPS) is 29.2. The SMILES string of the molecule is Cc1cc([C@H]2[C@H](CN)C2(C)C)c(C)s1. The number of hydrogen-bond donors (Lipinski definition) is 1. The first-order chi connectivity index (χ1) is 6.48. The fourth-order valence-corrected chi connectivity index (χ4v) is 3.73. The summed E-state index contributed by atoms with van der Waals surface area (Å²) in [4.78, 5) is 2.91. The lowest BCUT2D eigenvalue weighted by Crippen LogP contribution is -2.05. The van der Waals surface area contributed by atoms with E-state index in [-0.39, 0.29) is 0 Å². The second-order valence-corrected chi connectivity index (χ2v) is 6.47. The van der Waals surface area contributed by atoms with Crippen molar-refractivity contribution in [2.75, 3.05) is 6.54 Å². The minimum Gasteiger partial charge on any atom is -0.330 e. The Morgan fingerprint density at radius 3 is 2.43 bits per heavy atom. The van der Waals surface area contributed by atoms with Gasteiger partial charge in [0.2, 0.25) is 0 Å². The molecule has 1 saturated carbocycles. The predicted octanol–water partition coefficient (Wildman–Crippen LogP) is 3.06. The molecule has 0 radical (unpaired) electrons. The second kappa shape index (κ2) is 3.07. The molecule has 2 rings (SSSR count). The Hall–Kier alpha value is -0.340. The highest BCUT2D eigenvalue weighted by Gasteiger charge is 2.57. The molecule has 0 aliphatic heterocycles. The zero-order valence-electron chi connectivity index (χ0n) is 9.42. The van der Waals surface area contributed by atoms with Crippen LogP contribution in [0.3, 0.4) is 0 Å². The molecule has 0 saturated heterocycles. The Labute approximate surface area is 90.3 Å². The lowest BCUT2D eigenvalue weighted by atomic mass is 10.0. The van der Waals surface area contributed by atoms with Gasteiger partial charge in [-0.05, 0) is 49.3 Å². The monoisotopic (exact) mass is 209 g/mol. The van der Waals surface area contributed by atoms with Crippen molar-refractivity contribution in [3.8, 4) is 0 Å². The molecule has 1 aromatic rings. The summed E-state index contributed by atoms with van der Waals surface area (Å²) >= 11 is 1.91. The van der Waals surface area contributed by atoms with Gasteiger partial charge in [-0.2, -0.15) is 0 Å². The van der Waals surface area contributed by atoms with Crippen LogP contribution in [-0.4, -0.2) is 6.54 Å². The maximum absolute atomic E-state index is 5.80.